The Morgan fingerprint density at radius 3 is 2.31 bits per heavy atom. The molecule has 0 spiro atoms. The lowest BCUT2D eigenvalue weighted by molar-refractivity contribution is -0.146. The maximum absolute atomic E-state index is 13.2. The molecule has 2 unspecified atom stereocenters. The Hall–Kier alpha value is -2.09. The van der Waals surface area contributed by atoms with Crippen LogP contribution in [0.3, 0.4) is 0 Å². The third-order valence-corrected chi connectivity index (χ3v) is 6.06. The number of amides is 2. The molecule has 1 aromatic carbocycles. The molecule has 1 aliphatic carbocycles. The number of rotatable bonds is 3. The van der Waals surface area contributed by atoms with Gasteiger partial charge in [-0.2, -0.15) is 13.2 Å². The van der Waals surface area contributed by atoms with Gasteiger partial charge in [0.2, 0.25) is 11.8 Å². The highest BCUT2D eigenvalue weighted by atomic mass is 19.4. The van der Waals surface area contributed by atoms with E-state index in [0.29, 0.717) is 44.7 Å². The van der Waals surface area contributed by atoms with Crippen LogP contribution in [0.2, 0.25) is 0 Å². The SMILES string of the molecule is O=C(C1CCC(c2cccc(C(F)(F)F)c2)N(C(=O)C2CC2)C1)N1CCOCC1. The molecule has 8 heteroatoms. The molecule has 3 fully saturated rings. The van der Waals surface area contributed by atoms with E-state index < -0.39 is 17.8 Å². The van der Waals surface area contributed by atoms with Gasteiger partial charge in [0.15, 0.2) is 0 Å². The van der Waals surface area contributed by atoms with Gasteiger partial charge in [0.1, 0.15) is 0 Å². The summed E-state index contributed by atoms with van der Waals surface area (Å²) in [5.74, 6) is -0.380. The Bertz CT molecular complexity index is 773. The van der Waals surface area contributed by atoms with Crippen molar-refractivity contribution in [2.75, 3.05) is 32.8 Å². The van der Waals surface area contributed by atoms with E-state index in [9.17, 15) is 22.8 Å². The number of likely N-dealkylation sites (tertiary alicyclic amines) is 1. The van der Waals surface area contributed by atoms with E-state index >= 15 is 0 Å². The average molecular weight is 410 g/mol. The Balaban J connectivity index is 1.55. The lowest BCUT2D eigenvalue weighted by Crippen LogP contribution is -2.50. The molecule has 0 aromatic heterocycles. The monoisotopic (exact) mass is 410 g/mol. The third-order valence-electron chi connectivity index (χ3n) is 6.06. The van der Waals surface area contributed by atoms with Gasteiger partial charge in [0.05, 0.1) is 30.7 Å². The summed E-state index contributed by atoms with van der Waals surface area (Å²) in [6.45, 7) is 2.38. The van der Waals surface area contributed by atoms with E-state index in [4.69, 9.17) is 4.74 Å². The molecule has 2 aliphatic heterocycles. The van der Waals surface area contributed by atoms with Gasteiger partial charge in [-0.3, -0.25) is 9.59 Å². The zero-order chi connectivity index (χ0) is 20.6. The van der Waals surface area contributed by atoms with E-state index in [1.807, 2.05) is 0 Å². The van der Waals surface area contributed by atoms with Crippen LogP contribution in [0, 0.1) is 11.8 Å². The zero-order valence-corrected chi connectivity index (χ0v) is 16.2. The van der Waals surface area contributed by atoms with Crippen LogP contribution in [0.5, 0.6) is 0 Å². The van der Waals surface area contributed by atoms with Gasteiger partial charge in [-0.1, -0.05) is 12.1 Å². The number of carbonyl (C=O) groups excluding carboxylic acids is 2. The molecule has 2 heterocycles. The van der Waals surface area contributed by atoms with Crippen molar-refractivity contribution in [3.8, 4) is 0 Å². The molecule has 0 bridgehead atoms. The van der Waals surface area contributed by atoms with Crippen LogP contribution in [0.25, 0.3) is 0 Å². The summed E-state index contributed by atoms with van der Waals surface area (Å²) in [7, 11) is 0. The predicted molar refractivity (Wildman–Crippen MR) is 98.7 cm³/mol. The summed E-state index contributed by atoms with van der Waals surface area (Å²) >= 11 is 0. The standard InChI is InChI=1S/C21H25F3N2O3/c22-21(23,24)17-3-1-2-15(12-17)18-7-6-16(13-26(18)20(28)14-4-5-14)19(27)25-8-10-29-11-9-25/h1-3,12,14,16,18H,4-11,13H2. The first-order chi connectivity index (χ1) is 13.8. The van der Waals surface area contributed by atoms with Crippen molar-refractivity contribution >= 4 is 11.8 Å². The number of hydrogen-bond acceptors (Lipinski definition) is 3. The van der Waals surface area contributed by atoms with Crippen molar-refractivity contribution in [2.45, 2.75) is 37.9 Å². The fourth-order valence-corrected chi connectivity index (χ4v) is 4.29. The molecular weight excluding hydrogens is 385 g/mol. The first-order valence-electron chi connectivity index (χ1n) is 10.2. The summed E-state index contributed by atoms with van der Waals surface area (Å²) in [4.78, 5) is 29.3. The number of carbonyl (C=O) groups is 2. The number of ether oxygens (including phenoxy) is 1. The first kappa shape index (κ1) is 20.2. The van der Waals surface area contributed by atoms with E-state index in [1.54, 1.807) is 15.9 Å². The van der Waals surface area contributed by atoms with E-state index in [2.05, 4.69) is 0 Å². The largest absolute Gasteiger partial charge is 0.416 e. The summed E-state index contributed by atoms with van der Waals surface area (Å²) < 4.78 is 44.8. The van der Waals surface area contributed by atoms with Crippen molar-refractivity contribution in [1.82, 2.24) is 9.80 Å². The molecule has 2 saturated heterocycles. The Kier molecular flexibility index (Phi) is 5.55. The van der Waals surface area contributed by atoms with Gasteiger partial charge < -0.3 is 14.5 Å². The molecule has 1 saturated carbocycles. The number of nitrogens with zero attached hydrogens (tertiary/aromatic N) is 2. The number of morpholine rings is 1. The lowest BCUT2D eigenvalue weighted by Gasteiger charge is -2.41. The van der Waals surface area contributed by atoms with Gasteiger partial charge >= 0.3 is 6.18 Å². The van der Waals surface area contributed by atoms with E-state index in [-0.39, 0.29) is 30.2 Å². The molecule has 4 rings (SSSR count). The van der Waals surface area contributed by atoms with Crippen molar-refractivity contribution in [1.29, 1.82) is 0 Å². The van der Waals surface area contributed by atoms with Crippen LogP contribution in [0.4, 0.5) is 13.2 Å². The zero-order valence-electron chi connectivity index (χ0n) is 16.2. The van der Waals surface area contributed by atoms with Crippen LogP contribution >= 0.6 is 0 Å². The summed E-state index contributed by atoms with van der Waals surface area (Å²) in [5.41, 5.74) is -0.216. The van der Waals surface area contributed by atoms with Crippen LogP contribution < -0.4 is 0 Å². The first-order valence-corrected chi connectivity index (χ1v) is 10.2. The number of piperidine rings is 1. The minimum atomic E-state index is -4.43. The molecule has 158 valence electrons. The molecule has 0 radical (unpaired) electrons. The molecule has 29 heavy (non-hydrogen) atoms. The second kappa shape index (κ2) is 7.97. The Labute approximate surface area is 167 Å². The number of halogens is 3. The van der Waals surface area contributed by atoms with E-state index in [0.717, 1.165) is 25.0 Å². The van der Waals surface area contributed by atoms with Crippen LogP contribution in [-0.4, -0.2) is 54.5 Å². The average Bonchev–Trinajstić information content (AvgIpc) is 3.58. The summed E-state index contributed by atoms with van der Waals surface area (Å²) in [5, 5.41) is 0. The summed E-state index contributed by atoms with van der Waals surface area (Å²) in [6, 6.07) is 4.81. The Morgan fingerprint density at radius 1 is 0.966 bits per heavy atom. The molecule has 5 nitrogen and oxygen atoms in total. The highest BCUT2D eigenvalue weighted by Crippen LogP contribution is 2.41. The highest BCUT2D eigenvalue weighted by molar-refractivity contribution is 5.84. The topological polar surface area (TPSA) is 49.9 Å². The third kappa shape index (κ3) is 4.42. The van der Waals surface area contributed by atoms with Gasteiger partial charge in [0.25, 0.3) is 0 Å². The number of hydrogen-bond donors (Lipinski definition) is 0. The van der Waals surface area contributed by atoms with E-state index in [1.165, 1.54) is 6.07 Å². The molecule has 1 aromatic rings. The summed E-state index contributed by atoms with van der Waals surface area (Å²) in [6.07, 6.45) is -1.75. The second-order valence-corrected chi connectivity index (χ2v) is 8.12. The van der Waals surface area contributed by atoms with Crippen LogP contribution in [0.1, 0.15) is 42.9 Å². The van der Waals surface area contributed by atoms with Gasteiger partial charge in [0, 0.05) is 25.6 Å². The maximum Gasteiger partial charge on any atom is 0.416 e. The number of alkyl halides is 3. The molecule has 0 N–H and O–H groups in total. The van der Waals surface area contributed by atoms with Gasteiger partial charge in [-0.05, 0) is 43.4 Å². The Morgan fingerprint density at radius 2 is 1.66 bits per heavy atom. The predicted octanol–water partition coefficient (Wildman–Crippen LogP) is 3.25. The van der Waals surface area contributed by atoms with Crippen molar-refractivity contribution in [3.63, 3.8) is 0 Å². The molecule has 3 aliphatic rings. The van der Waals surface area contributed by atoms with Gasteiger partial charge in [-0.25, -0.2) is 0 Å². The minimum absolute atomic E-state index is 0.0180. The lowest BCUT2D eigenvalue weighted by atomic mass is 9.87. The fraction of sp³-hybridized carbons (Fsp3) is 0.619. The van der Waals surface area contributed by atoms with Crippen molar-refractivity contribution in [2.24, 2.45) is 11.8 Å². The molecule has 2 atom stereocenters. The minimum Gasteiger partial charge on any atom is -0.378 e. The van der Waals surface area contributed by atoms with Crippen molar-refractivity contribution in [3.05, 3.63) is 35.4 Å². The van der Waals surface area contributed by atoms with Crippen LogP contribution in [-0.2, 0) is 20.5 Å². The molecule has 2 amide bonds. The smallest absolute Gasteiger partial charge is 0.378 e. The van der Waals surface area contributed by atoms with Crippen molar-refractivity contribution < 1.29 is 27.5 Å². The quantitative estimate of drug-likeness (QED) is 0.769. The molecular formula is C21H25F3N2O3. The second-order valence-electron chi connectivity index (χ2n) is 8.12. The normalized spacial score (nSPS) is 25.8. The fourth-order valence-electron chi connectivity index (χ4n) is 4.29. The maximum atomic E-state index is 13.2. The highest BCUT2D eigenvalue weighted by Gasteiger charge is 2.42. The van der Waals surface area contributed by atoms with Gasteiger partial charge in [-0.15, -0.1) is 0 Å². The van der Waals surface area contributed by atoms with Crippen LogP contribution in [0.15, 0.2) is 24.3 Å². The number of benzene rings is 1.